The van der Waals surface area contributed by atoms with Crippen LogP contribution in [0.2, 0.25) is 0 Å². The molecule has 0 radical (unpaired) electrons. The van der Waals surface area contributed by atoms with Crippen molar-refractivity contribution in [1.82, 2.24) is 0 Å². The Hall–Kier alpha value is -0.350. The lowest BCUT2D eigenvalue weighted by molar-refractivity contribution is -0.530. The van der Waals surface area contributed by atoms with E-state index in [9.17, 15) is 5.21 Å². The number of thiophene rings is 1. The smallest absolute Gasteiger partial charge is 0.192 e. The van der Waals surface area contributed by atoms with Crippen molar-refractivity contribution in [3.63, 3.8) is 0 Å². The lowest BCUT2D eigenvalue weighted by atomic mass is 10.1. The molecular formula is C9H12BrNOS. The highest BCUT2D eigenvalue weighted by molar-refractivity contribution is 9.11. The Kier molecular flexibility index (Phi) is 3.14. The number of hydrogen-bond acceptors (Lipinski definition) is 2. The maximum atomic E-state index is 11.5. The largest absolute Gasteiger partial charge is 0.623 e. The molecule has 1 aromatic heterocycles. The van der Waals surface area contributed by atoms with Gasteiger partial charge in [-0.1, -0.05) is 0 Å². The van der Waals surface area contributed by atoms with Crippen LogP contribution in [0.25, 0.3) is 0 Å². The molecule has 0 aromatic carbocycles. The number of hydroxylamine groups is 1. The van der Waals surface area contributed by atoms with Crippen molar-refractivity contribution in [2.45, 2.75) is 26.3 Å². The third-order valence-electron chi connectivity index (χ3n) is 1.50. The Morgan fingerprint density at radius 3 is 2.46 bits per heavy atom. The predicted molar refractivity (Wildman–Crippen MR) is 60.6 cm³/mol. The topological polar surface area (TPSA) is 26.1 Å². The molecule has 13 heavy (non-hydrogen) atoms. The van der Waals surface area contributed by atoms with E-state index < -0.39 is 0 Å². The summed E-state index contributed by atoms with van der Waals surface area (Å²) in [5.74, 6) is 0. The minimum absolute atomic E-state index is 0.365. The van der Waals surface area contributed by atoms with Gasteiger partial charge in [0.25, 0.3) is 0 Å². The molecule has 0 atom stereocenters. The molecule has 1 rings (SSSR count). The average molecular weight is 262 g/mol. The summed E-state index contributed by atoms with van der Waals surface area (Å²) < 4.78 is 2.02. The van der Waals surface area contributed by atoms with E-state index in [4.69, 9.17) is 0 Å². The van der Waals surface area contributed by atoms with Gasteiger partial charge in [0.2, 0.25) is 0 Å². The minimum atomic E-state index is -0.365. The molecule has 0 N–H and O–H groups in total. The summed E-state index contributed by atoms with van der Waals surface area (Å²) in [6.45, 7) is 5.66. The molecule has 0 spiro atoms. The van der Waals surface area contributed by atoms with E-state index in [0.29, 0.717) is 0 Å². The Balaban J connectivity index is 2.89. The molecule has 1 aromatic rings. The Labute approximate surface area is 90.6 Å². The van der Waals surface area contributed by atoms with Crippen LogP contribution < -0.4 is 0 Å². The van der Waals surface area contributed by atoms with E-state index in [-0.39, 0.29) is 5.54 Å². The van der Waals surface area contributed by atoms with Crippen molar-refractivity contribution in [2.24, 2.45) is 0 Å². The van der Waals surface area contributed by atoms with Gasteiger partial charge in [-0.3, -0.25) is 0 Å². The number of hydrogen-bond donors (Lipinski definition) is 0. The highest BCUT2D eigenvalue weighted by Crippen LogP contribution is 2.20. The van der Waals surface area contributed by atoms with Crippen molar-refractivity contribution in [2.75, 3.05) is 0 Å². The number of nitrogens with zero attached hydrogens (tertiary/aromatic N) is 1. The quantitative estimate of drug-likeness (QED) is 0.330. The summed E-state index contributed by atoms with van der Waals surface area (Å²) in [5.41, 5.74) is -0.365. The molecular weight excluding hydrogens is 250 g/mol. The monoisotopic (exact) mass is 261 g/mol. The second-order valence-electron chi connectivity index (χ2n) is 3.77. The second kappa shape index (κ2) is 3.80. The van der Waals surface area contributed by atoms with Gasteiger partial charge in [0.15, 0.2) is 11.8 Å². The standard InChI is InChI=1S/C9H12BrNOS/c1-9(2,3)11(12)6-7-4-5-8(10)13-7/h4-6H,1-3H3. The Morgan fingerprint density at radius 1 is 1.46 bits per heavy atom. The third-order valence-corrected chi connectivity index (χ3v) is 3.06. The van der Waals surface area contributed by atoms with Gasteiger partial charge in [-0.05, 0) is 28.1 Å². The van der Waals surface area contributed by atoms with Crippen LogP contribution in [0.1, 0.15) is 25.6 Å². The van der Waals surface area contributed by atoms with Crippen LogP contribution in [0.3, 0.4) is 0 Å². The first-order chi connectivity index (χ1) is 5.89. The molecule has 0 saturated carbocycles. The molecule has 0 saturated heterocycles. The van der Waals surface area contributed by atoms with E-state index in [2.05, 4.69) is 15.9 Å². The fraction of sp³-hybridized carbons (Fsp3) is 0.444. The summed E-state index contributed by atoms with van der Waals surface area (Å²) in [7, 11) is 0. The highest BCUT2D eigenvalue weighted by Gasteiger charge is 2.18. The van der Waals surface area contributed by atoms with Gasteiger partial charge in [0, 0.05) is 20.8 Å². The molecule has 2 nitrogen and oxygen atoms in total. The van der Waals surface area contributed by atoms with E-state index in [1.165, 1.54) is 0 Å². The van der Waals surface area contributed by atoms with Gasteiger partial charge < -0.3 is 5.21 Å². The summed E-state index contributed by atoms with van der Waals surface area (Å²) >= 11 is 4.90. The zero-order valence-corrected chi connectivity index (χ0v) is 10.3. The zero-order valence-electron chi connectivity index (χ0n) is 7.87. The second-order valence-corrected chi connectivity index (χ2v) is 6.26. The van der Waals surface area contributed by atoms with Crippen LogP contribution in [0, 0.1) is 5.21 Å². The molecule has 1 heterocycles. The van der Waals surface area contributed by atoms with E-state index in [1.54, 1.807) is 17.6 Å². The van der Waals surface area contributed by atoms with Gasteiger partial charge in [-0.15, -0.1) is 11.3 Å². The molecule has 72 valence electrons. The summed E-state index contributed by atoms with van der Waals surface area (Å²) in [6, 6.07) is 3.86. The molecule has 0 aliphatic rings. The van der Waals surface area contributed by atoms with Crippen molar-refractivity contribution in [3.8, 4) is 0 Å². The van der Waals surface area contributed by atoms with Crippen LogP contribution in [0.5, 0.6) is 0 Å². The van der Waals surface area contributed by atoms with Gasteiger partial charge in [-0.2, -0.15) is 0 Å². The van der Waals surface area contributed by atoms with Crippen LogP contribution in [-0.2, 0) is 0 Å². The van der Waals surface area contributed by atoms with Crippen LogP contribution in [0.15, 0.2) is 15.9 Å². The highest BCUT2D eigenvalue weighted by atomic mass is 79.9. The maximum Gasteiger partial charge on any atom is 0.192 e. The fourth-order valence-electron chi connectivity index (χ4n) is 0.707. The third kappa shape index (κ3) is 3.12. The first-order valence-electron chi connectivity index (χ1n) is 3.96. The van der Waals surface area contributed by atoms with E-state index in [1.807, 2.05) is 32.9 Å². The molecule has 0 aliphatic carbocycles. The summed E-state index contributed by atoms with van der Waals surface area (Å²) in [5, 5.41) is 11.5. The number of rotatable bonds is 1. The van der Waals surface area contributed by atoms with Crippen molar-refractivity contribution in [1.29, 1.82) is 0 Å². The van der Waals surface area contributed by atoms with Crippen LogP contribution in [-0.4, -0.2) is 16.5 Å². The van der Waals surface area contributed by atoms with Crippen LogP contribution >= 0.6 is 27.3 Å². The molecule has 4 heteroatoms. The summed E-state index contributed by atoms with van der Waals surface area (Å²) in [4.78, 5) is 0.969. The normalized spacial score (nSPS) is 13.4. The molecule has 0 unspecified atom stereocenters. The van der Waals surface area contributed by atoms with Gasteiger partial charge in [0.1, 0.15) is 0 Å². The van der Waals surface area contributed by atoms with Crippen LogP contribution in [0.4, 0.5) is 0 Å². The molecule has 0 amide bonds. The number of halogens is 1. The van der Waals surface area contributed by atoms with Gasteiger partial charge in [0.05, 0.1) is 8.66 Å². The first kappa shape index (κ1) is 10.7. The average Bonchev–Trinajstić information content (AvgIpc) is 2.33. The fourth-order valence-corrected chi connectivity index (χ4v) is 2.05. The van der Waals surface area contributed by atoms with Crippen molar-refractivity contribution >= 4 is 33.5 Å². The van der Waals surface area contributed by atoms with Crippen molar-refractivity contribution < 1.29 is 4.74 Å². The minimum Gasteiger partial charge on any atom is -0.623 e. The van der Waals surface area contributed by atoms with Crippen molar-refractivity contribution in [3.05, 3.63) is 26.0 Å². The molecule has 0 fully saturated rings. The van der Waals surface area contributed by atoms with E-state index >= 15 is 0 Å². The lowest BCUT2D eigenvalue weighted by Crippen LogP contribution is -2.29. The van der Waals surface area contributed by atoms with Gasteiger partial charge in [-0.25, -0.2) is 4.74 Å². The summed E-state index contributed by atoms with van der Waals surface area (Å²) in [6.07, 6.45) is 1.62. The maximum absolute atomic E-state index is 11.5. The first-order valence-corrected chi connectivity index (χ1v) is 5.57. The molecule has 0 bridgehead atoms. The molecule has 0 aliphatic heterocycles. The van der Waals surface area contributed by atoms with E-state index in [0.717, 1.165) is 13.4 Å². The van der Waals surface area contributed by atoms with Gasteiger partial charge >= 0.3 is 0 Å². The Morgan fingerprint density at radius 2 is 2.08 bits per heavy atom. The predicted octanol–water partition coefficient (Wildman–Crippen LogP) is 3.24. The lowest BCUT2D eigenvalue weighted by Gasteiger charge is -2.18. The zero-order chi connectivity index (χ0) is 10.1. The Bertz CT molecular complexity index is 325. The SMILES string of the molecule is CC(C)(C)[N+]([O-])=Cc1ccc(Br)s1.